The number of methoxy groups -OCH3 is 1. The Morgan fingerprint density at radius 3 is 2.50 bits per heavy atom. The fourth-order valence-corrected chi connectivity index (χ4v) is 0.982. The molecule has 0 aromatic rings. The molecule has 0 amide bonds. The number of halogens is 1. The second-order valence-electron chi connectivity index (χ2n) is 1.41. The predicted octanol–water partition coefficient (Wildman–Crippen LogP) is 0.739. The van der Waals surface area contributed by atoms with Gasteiger partial charge in [-0.3, -0.25) is 0 Å². The Balaban J connectivity index is 2.72. The van der Waals surface area contributed by atoms with Gasteiger partial charge < -0.3 is 9.16 Å². The molecule has 2 nitrogen and oxygen atoms in total. The molecule has 0 aliphatic carbocycles. The maximum absolute atomic E-state index is 5.57. The van der Waals surface area contributed by atoms with Crippen LogP contribution < -0.4 is 0 Å². The number of hydrogen-bond donors (Lipinski definition) is 0. The normalized spacial score (nSPS) is 13.9. The second-order valence-corrected chi connectivity index (χ2v) is 4.67. The molecule has 0 saturated heterocycles. The third-order valence-electron chi connectivity index (χ3n) is 0.635. The molecule has 0 spiro atoms. The standard InChI is InChI=1S/C4H11ClO2Si/c1-6-3-4-7-8(2)5/h8H,3-4H2,1-2H3. The van der Waals surface area contributed by atoms with Crippen LogP contribution >= 0.6 is 11.1 Å². The monoisotopic (exact) mass is 154 g/mol. The summed E-state index contributed by atoms with van der Waals surface area (Å²) in [7, 11) is 0.333. The van der Waals surface area contributed by atoms with Crippen LogP contribution in [0.2, 0.25) is 6.55 Å². The maximum Gasteiger partial charge on any atom is 0.271 e. The van der Waals surface area contributed by atoms with Crippen LogP contribution in [0.3, 0.4) is 0 Å². The molecule has 0 bridgehead atoms. The minimum Gasteiger partial charge on any atom is -0.403 e. The molecule has 1 atom stereocenters. The van der Waals surface area contributed by atoms with Gasteiger partial charge in [-0.15, -0.1) is 11.1 Å². The van der Waals surface area contributed by atoms with Gasteiger partial charge in [0.1, 0.15) is 0 Å². The smallest absolute Gasteiger partial charge is 0.271 e. The van der Waals surface area contributed by atoms with Gasteiger partial charge in [-0.2, -0.15) is 0 Å². The van der Waals surface area contributed by atoms with Crippen LogP contribution in [0.1, 0.15) is 0 Å². The van der Waals surface area contributed by atoms with Gasteiger partial charge in [0, 0.05) is 7.11 Å². The lowest BCUT2D eigenvalue weighted by atomic mass is 10.8. The van der Waals surface area contributed by atoms with Crippen molar-refractivity contribution < 1.29 is 9.16 Å². The molecule has 0 aliphatic heterocycles. The highest BCUT2D eigenvalue weighted by atomic mass is 35.6. The van der Waals surface area contributed by atoms with Crippen LogP contribution in [0.4, 0.5) is 0 Å². The fraction of sp³-hybridized carbons (Fsp3) is 1.00. The third kappa shape index (κ3) is 6.43. The number of hydrogen-bond acceptors (Lipinski definition) is 2. The van der Waals surface area contributed by atoms with Gasteiger partial charge in [-0.1, -0.05) is 0 Å². The summed E-state index contributed by atoms with van der Waals surface area (Å²) >= 11 is 5.57. The average molecular weight is 155 g/mol. The number of rotatable bonds is 4. The Morgan fingerprint density at radius 1 is 1.50 bits per heavy atom. The molecular weight excluding hydrogens is 144 g/mol. The van der Waals surface area contributed by atoms with Gasteiger partial charge in [-0.25, -0.2) is 0 Å². The van der Waals surface area contributed by atoms with E-state index in [9.17, 15) is 0 Å². The molecule has 0 saturated carbocycles. The number of ether oxygens (including phenoxy) is 1. The Kier molecular flexibility index (Phi) is 5.86. The van der Waals surface area contributed by atoms with E-state index in [1.54, 1.807) is 7.11 Å². The molecular formula is C4H11ClO2Si. The molecule has 0 fully saturated rings. The lowest BCUT2D eigenvalue weighted by molar-refractivity contribution is 0.148. The summed E-state index contributed by atoms with van der Waals surface area (Å²) in [5.41, 5.74) is 0. The SMILES string of the molecule is COCCO[SiH](C)Cl. The van der Waals surface area contributed by atoms with Gasteiger partial charge in [0.05, 0.1) is 13.2 Å². The van der Waals surface area contributed by atoms with E-state index in [-0.39, 0.29) is 0 Å². The van der Waals surface area contributed by atoms with E-state index >= 15 is 0 Å². The highest BCUT2D eigenvalue weighted by Gasteiger charge is 1.95. The van der Waals surface area contributed by atoms with E-state index in [1.165, 1.54) is 0 Å². The van der Waals surface area contributed by atoms with E-state index in [0.717, 1.165) is 0 Å². The molecule has 0 aliphatic rings. The lowest BCUT2D eigenvalue weighted by Gasteiger charge is -2.01. The summed E-state index contributed by atoms with van der Waals surface area (Å²) < 4.78 is 9.79. The van der Waals surface area contributed by atoms with Crippen LogP contribution in [0.15, 0.2) is 0 Å². The highest BCUT2D eigenvalue weighted by Crippen LogP contribution is 1.88. The van der Waals surface area contributed by atoms with Crippen molar-refractivity contribution in [2.45, 2.75) is 6.55 Å². The van der Waals surface area contributed by atoms with Crippen LogP contribution in [-0.4, -0.2) is 28.7 Å². The zero-order valence-electron chi connectivity index (χ0n) is 5.19. The van der Waals surface area contributed by atoms with Crippen molar-refractivity contribution >= 4 is 19.4 Å². The van der Waals surface area contributed by atoms with Crippen LogP contribution in [0.25, 0.3) is 0 Å². The van der Waals surface area contributed by atoms with Crippen molar-refractivity contribution in [3.05, 3.63) is 0 Å². The topological polar surface area (TPSA) is 18.5 Å². The Morgan fingerprint density at radius 2 is 2.12 bits per heavy atom. The van der Waals surface area contributed by atoms with Gasteiger partial charge in [0.15, 0.2) is 0 Å². The Hall–Kier alpha value is 0.427. The van der Waals surface area contributed by atoms with Crippen molar-refractivity contribution in [1.29, 1.82) is 0 Å². The first-order chi connectivity index (χ1) is 3.77. The summed E-state index contributed by atoms with van der Waals surface area (Å²) in [6.07, 6.45) is 0. The molecule has 0 aromatic carbocycles. The van der Waals surface area contributed by atoms with E-state index < -0.39 is 8.35 Å². The predicted molar refractivity (Wildman–Crippen MR) is 36.7 cm³/mol. The Labute approximate surface area is 56.2 Å². The average Bonchev–Trinajstić information content (AvgIpc) is 1.66. The molecule has 0 rings (SSSR count). The van der Waals surface area contributed by atoms with E-state index in [1.807, 2.05) is 6.55 Å². The zero-order valence-corrected chi connectivity index (χ0v) is 7.10. The second kappa shape index (κ2) is 5.56. The van der Waals surface area contributed by atoms with Crippen molar-refractivity contribution in [2.75, 3.05) is 20.3 Å². The zero-order chi connectivity index (χ0) is 6.41. The van der Waals surface area contributed by atoms with E-state index in [2.05, 4.69) is 0 Å². The quantitative estimate of drug-likeness (QED) is 0.338. The lowest BCUT2D eigenvalue weighted by Crippen LogP contribution is -2.09. The molecule has 50 valence electrons. The van der Waals surface area contributed by atoms with Gasteiger partial charge >= 0.3 is 0 Å². The third-order valence-corrected chi connectivity index (χ3v) is 1.71. The van der Waals surface area contributed by atoms with Crippen molar-refractivity contribution in [2.24, 2.45) is 0 Å². The van der Waals surface area contributed by atoms with Crippen LogP contribution in [-0.2, 0) is 9.16 Å². The van der Waals surface area contributed by atoms with Crippen molar-refractivity contribution in [3.63, 3.8) is 0 Å². The minimum atomic E-state index is -1.31. The molecule has 1 unspecified atom stereocenters. The molecule has 0 heterocycles. The molecule has 8 heavy (non-hydrogen) atoms. The van der Waals surface area contributed by atoms with Gasteiger partial charge in [0.25, 0.3) is 8.35 Å². The minimum absolute atomic E-state index is 0.632. The summed E-state index contributed by atoms with van der Waals surface area (Å²) in [6.45, 7) is 3.19. The van der Waals surface area contributed by atoms with Gasteiger partial charge in [0.2, 0.25) is 0 Å². The highest BCUT2D eigenvalue weighted by molar-refractivity contribution is 7.02. The first-order valence-corrected chi connectivity index (χ1v) is 5.89. The van der Waals surface area contributed by atoms with E-state index in [0.29, 0.717) is 13.2 Å². The van der Waals surface area contributed by atoms with Crippen LogP contribution in [0, 0.1) is 0 Å². The molecule has 4 heteroatoms. The van der Waals surface area contributed by atoms with Crippen molar-refractivity contribution in [3.8, 4) is 0 Å². The summed E-state index contributed by atoms with van der Waals surface area (Å²) in [5.74, 6) is 0. The first-order valence-electron chi connectivity index (χ1n) is 2.52. The Bertz CT molecular complexity index is 51.3. The summed E-state index contributed by atoms with van der Waals surface area (Å²) in [6, 6.07) is 0. The summed E-state index contributed by atoms with van der Waals surface area (Å²) in [5, 5.41) is 0. The fourth-order valence-electron chi connectivity index (χ4n) is 0.294. The molecule has 0 radical (unpaired) electrons. The van der Waals surface area contributed by atoms with Gasteiger partial charge in [-0.05, 0) is 6.55 Å². The first kappa shape index (κ1) is 8.43. The van der Waals surface area contributed by atoms with E-state index in [4.69, 9.17) is 20.2 Å². The molecule has 0 aromatic heterocycles. The maximum atomic E-state index is 5.57. The van der Waals surface area contributed by atoms with Crippen LogP contribution in [0.5, 0.6) is 0 Å². The van der Waals surface area contributed by atoms with Crippen molar-refractivity contribution in [1.82, 2.24) is 0 Å². The summed E-state index contributed by atoms with van der Waals surface area (Å²) in [4.78, 5) is 0. The largest absolute Gasteiger partial charge is 0.403 e. The molecule has 0 N–H and O–H groups in total.